The molecule has 0 aliphatic rings. The second kappa shape index (κ2) is 17.8. The van der Waals surface area contributed by atoms with Gasteiger partial charge >= 0.3 is 10.8 Å². The van der Waals surface area contributed by atoms with Gasteiger partial charge in [0.2, 0.25) is 0 Å². The fourth-order valence-electron chi connectivity index (χ4n) is 2.56. The Morgan fingerprint density at radius 3 is 1.71 bits per heavy atom. The number of hydrogen-bond acceptors (Lipinski definition) is 3. The van der Waals surface area contributed by atoms with Gasteiger partial charge in [0, 0.05) is 4.21 Å². The Morgan fingerprint density at radius 2 is 1.17 bits per heavy atom. The van der Waals surface area contributed by atoms with Crippen molar-refractivity contribution in [2.75, 3.05) is 13.2 Å². The third-order valence-electron chi connectivity index (χ3n) is 4.09. The molecule has 5 nitrogen and oxygen atoms in total. The van der Waals surface area contributed by atoms with Crippen LogP contribution in [0.1, 0.15) is 104 Å². The number of hydroxylamine groups is 1. The first kappa shape index (κ1) is 24.0. The first-order chi connectivity index (χ1) is 11.6. The van der Waals surface area contributed by atoms with E-state index in [9.17, 15) is 8.76 Å². The molecule has 0 aliphatic carbocycles. The van der Waals surface area contributed by atoms with Crippen LogP contribution in [0.25, 0.3) is 0 Å². The minimum Gasteiger partial charge on any atom is -0.144 e. The molecule has 1 radical (unpaired) electrons. The molecule has 1 unspecified atom stereocenters. The monoisotopic (exact) mass is 366 g/mol. The Balaban J connectivity index is 3.31. The highest BCUT2D eigenvalue weighted by Crippen LogP contribution is 2.11. The average molecular weight is 367 g/mol. The highest BCUT2D eigenvalue weighted by atomic mass is 32.3. The Labute approximate surface area is 150 Å². The van der Waals surface area contributed by atoms with Gasteiger partial charge in [-0.1, -0.05) is 84.5 Å². The first-order valence-electron chi connectivity index (χ1n) is 10.0. The molecule has 0 aromatic carbocycles. The van der Waals surface area contributed by atoms with E-state index in [-0.39, 0.29) is 6.61 Å². The lowest BCUT2D eigenvalue weighted by molar-refractivity contribution is -0.861. The predicted molar refractivity (Wildman–Crippen MR) is 98.6 cm³/mol. The maximum atomic E-state index is 11.5. The molecular weight excluding hydrogens is 326 g/mol. The van der Waals surface area contributed by atoms with Crippen LogP contribution in [0.15, 0.2) is 0 Å². The van der Waals surface area contributed by atoms with Crippen molar-refractivity contribution < 1.29 is 22.7 Å². The summed E-state index contributed by atoms with van der Waals surface area (Å²) in [7, 11) is -3.84. The van der Waals surface area contributed by atoms with E-state index in [4.69, 9.17) is 8.47 Å². The van der Waals surface area contributed by atoms with E-state index < -0.39 is 10.8 Å². The Morgan fingerprint density at radius 1 is 0.708 bits per heavy atom. The Hall–Kier alpha value is -0.0100. The molecule has 0 aromatic rings. The van der Waals surface area contributed by atoms with Crippen LogP contribution in [0, 0.1) is 0 Å². The van der Waals surface area contributed by atoms with Crippen molar-refractivity contribution in [1.82, 2.24) is 0 Å². The summed E-state index contributed by atoms with van der Waals surface area (Å²) in [5.41, 5.74) is 1.35. The molecule has 1 atom stereocenters. The fraction of sp³-hybridized carbons (Fsp3) is 1.00. The third-order valence-corrected chi connectivity index (χ3v) is 4.91. The standard InChI is InChI=1S/C18H39NO4S/c1-3-5-7-9-10-11-12-13-14-16-18-22-24(20,21)23-19-17-15-8-6-4-2/h19H,3-18H2,1-2H3/q+1/p+1. The van der Waals surface area contributed by atoms with E-state index in [1.54, 1.807) is 0 Å². The number of unbranched alkanes of at least 4 members (excludes halogenated alkanes) is 12. The molecule has 0 aliphatic heterocycles. The van der Waals surface area contributed by atoms with Gasteiger partial charge in [-0.2, -0.15) is 0 Å². The van der Waals surface area contributed by atoms with Crippen LogP contribution in [0.4, 0.5) is 0 Å². The fourth-order valence-corrected chi connectivity index (χ4v) is 3.20. The van der Waals surface area contributed by atoms with Crippen molar-refractivity contribution in [3.63, 3.8) is 0 Å². The molecular formula is C18H40NO4S+2. The predicted octanol–water partition coefficient (Wildman–Crippen LogP) is 4.67. The van der Waals surface area contributed by atoms with E-state index in [2.05, 4.69) is 13.8 Å². The zero-order valence-corrected chi connectivity index (χ0v) is 16.7. The summed E-state index contributed by atoms with van der Waals surface area (Å²) in [5, 5.41) is 0. The van der Waals surface area contributed by atoms with Crippen molar-refractivity contribution in [3.05, 3.63) is 0 Å². The van der Waals surface area contributed by atoms with Crippen LogP contribution >= 0.6 is 0 Å². The minimum absolute atomic E-state index is 0.225. The largest absolute Gasteiger partial charge is 0.597 e. The second-order valence-electron chi connectivity index (χ2n) is 6.52. The SMILES string of the molecule is CCCCCCCCCCCCO[S+]([O])(=O)O[NH2+]CCCCCC. The van der Waals surface area contributed by atoms with E-state index in [1.807, 2.05) is 0 Å². The van der Waals surface area contributed by atoms with Crippen molar-refractivity contribution in [1.29, 1.82) is 0 Å². The van der Waals surface area contributed by atoms with Gasteiger partial charge in [0.25, 0.3) is 0 Å². The summed E-state index contributed by atoms with van der Waals surface area (Å²) < 4.78 is 32.6. The second-order valence-corrected chi connectivity index (χ2v) is 7.77. The molecule has 0 bridgehead atoms. The van der Waals surface area contributed by atoms with Crippen LogP contribution in [-0.4, -0.2) is 13.2 Å². The number of nitrogens with two attached hydrogens (primary N) is 1. The number of hydrogen-bond donors (Lipinski definition) is 1. The van der Waals surface area contributed by atoms with E-state index in [0.29, 0.717) is 6.54 Å². The zero-order valence-electron chi connectivity index (χ0n) is 15.9. The molecule has 0 spiro atoms. The van der Waals surface area contributed by atoms with Crippen molar-refractivity contribution in [2.24, 2.45) is 0 Å². The maximum absolute atomic E-state index is 11.5. The molecule has 0 heterocycles. The summed E-state index contributed by atoms with van der Waals surface area (Å²) in [6, 6.07) is 0. The normalized spacial score (nSPS) is 14.0. The summed E-state index contributed by atoms with van der Waals surface area (Å²) in [6.07, 6.45) is 16.6. The van der Waals surface area contributed by atoms with Gasteiger partial charge in [0.15, 0.2) is 0 Å². The highest BCUT2D eigenvalue weighted by molar-refractivity contribution is 7.88. The third kappa shape index (κ3) is 18.3. The number of quaternary nitrogens is 1. The summed E-state index contributed by atoms with van der Waals surface area (Å²) >= 11 is 0. The lowest BCUT2D eigenvalue weighted by Gasteiger charge is -2.02. The van der Waals surface area contributed by atoms with E-state index >= 15 is 0 Å². The van der Waals surface area contributed by atoms with Gasteiger partial charge in [-0.3, -0.25) is 0 Å². The quantitative estimate of drug-likeness (QED) is 0.205. The Bertz CT molecular complexity index is 303. The molecule has 0 rings (SSSR count). The van der Waals surface area contributed by atoms with Gasteiger partial charge in [-0.25, -0.2) is 0 Å². The minimum atomic E-state index is -3.84. The lowest BCUT2D eigenvalue weighted by Crippen LogP contribution is -2.84. The van der Waals surface area contributed by atoms with Gasteiger partial charge in [-0.15, -0.1) is 9.66 Å². The molecule has 6 heteroatoms. The zero-order chi connectivity index (χ0) is 17.9. The molecule has 0 saturated heterocycles. The van der Waals surface area contributed by atoms with Gasteiger partial charge in [0.1, 0.15) is 17.7 Å². The molecule has 24 heavy (non-hydrogen) atoms. The van der Waals surface area contributed by atoms with Gasteiger partial charge in [-0.05, 0) is 19.3 Å². The number of rotatable bonds is 19. The summed E-state index contributed by atoms with van der Waals surface area (Å²) in [5.74, 6) is 0. The molecule has 0 saturated carbocycles. The summed E-state index contributed by atoms with van der Waals surface area (Å²) in [4.78, 5) is 0. The molecule has 2 N–H and O–H groups in total. The summed E-state index contributed by atoms with van der Waals surface area (Å²) in [6.45, 7) is 5.26. The van der Waals surface area contributed by atoms with Crippen LogP contribution in [0.5, 0.6) is 0 Å². The van der Waals surface area contributed by atoms with Crippen molar-refractivity contribution >= 4 is 10.8 Å². The van der Waals surface area contributed by atoms with Crippen LogP contribution in [-0.2, 0) is 28.0 Å². The smallest absolute Gasteiger partial charge is 0.144 e. The molecule has 145 valence electrons. The first-order valence-corrected chi connectivity index (χ1v) is 11.3. The van der Waals surface area contributed by atoms with Crippen LogP contribution < -0.4 is 5.48 Å². The van der Waals surface area contributed by atoms with Crippen LogP contribution in [0.3, 0.4) is 0 Å². The molecule has 0 aromatic heterocycles. The molecule has 0 fully saturated rings. The van der Waals surface area contributed by atoms with Gasteiger partial charge in [0.05, 0.1) is 4.28 Å². The maximum Gasteiger partial charge on any atom is 0.597 e. The topological polar surface area (TPSA) is 72.0 Å². The van der Waals surface area contributed by atoms with E-state index in [0.717, 1.165) is 32.1 Å². The average Bonchev–Trinajstić information content (AvgIpc) is 2.56. The molecule has 0 amide bonds. The van der Waals surface area contributed by atoms with Gasteiger partial charge < -0.3 is 0 Å². The van der Waals surface area contributed by atoms with E-state index in [1.165, 1.54) is 63.3 Å². The van der Waals surface area contributed by atoms with Crippen molar-refractivity contribution in [3.8, 4) is 0 Å². The lowest BCUT2D eigenvalue weighted by atomic mass is 10.1. The van der Waals surface area contributed by atoms with Crippen LogP contribution in [0.2, 0.25) is 0 Å². The Kier molecular flexibility index (Phi) is 17.8. The van der Waals surface area contributed by atoms with Crippen molar-refractivity contribution in [2.45, 2.75) is 104 Å². The highest BCUT2D eigenvalue weighted by Gasteiger charge is 2.36.